The fourth-order valence-corrected chi connectivity index (χ4v) is 5.60. The summed E-state index contributed by atoms with van der Waals surface area (Å²) < 4.78 is 5.57. The Labute approximate surface area is 178 Å². The van der Waals surface area contributed by atoms with Gasteiger partial charge in [-0.15, -0.1) is 0 Å². The predicted octanol–water partition coefficient (Wildman–Crippen LogP) is 3.02. The van der Waals surface area contributed by atoms with Crippen LogP contribution >= 0.6 is 0 Å². The molecule has 0 unspecified atom stereocenters. The number of hydrogen-bond acceptors (Lipinski definition) is 5. The van der Waals surface area contributed by atoms with Crippen LogP contribution in [0.25, 0.3) is 0 Å². The van der Waals surface area contributed by atoms with Crippen molar-refractivity contribution >= 4 is 5.91 Å². The van der Waals surface area contributed by atoms with Gasteiger partial charge in [0.25, 0.3) is 5.91 Å². The summed E-state index contributed by atoms with van der Waals surface area (Å²) in [5.74, 6) is 0.957. The maximum Gasteiger partial charge on any atom is 0.274 e. The van der Waals surface area contributed by atoms with Crippen LogP contribution in [0.4, 0.5) is 0 Å². The first-order valence-electron chi connectivity index (χ1n) is 11.1. The number of carbonyl (C=O) groups is 1. The molecule has 0 aliphatic carbocycles. The number of hydrogen-bond donors (Lipinski definition) is 0. The highest BCUT2D eigenvalue weighted by atomic mass is 16.5. The van der Waals surface area contributed by atoms with Gasteiger partial charge in [-0.05, 0) is 43.7 Å². The van der Waals surface area contributed by atoms with Crippen molar-refractivity contribution in [2.45, 2.75) is 38.8 Å². The molecule has 1 aromatic carbocycles. The lowest BCUT2D eigenvalue weighted by Gasteiger charge is -2.34. The number of aryl methyl sites for hydroxylation is 2. The number of ether oxygens (including phenoxy) is 1. The van der Waals surface area contributed by atoms with E-state index in [4.69, 9.17) is 4.74 Å². The van der Waals surface area contributed by atoms with E-state index in [2.05, 4.69) is 51.0 Å². The normalized spacial score (nSPS) is 27.4. The van der Waals surface area contributed by atoms with Crippen LogP contribution in [-0.2, 0) is 4.74 Å². The Kier molecular flexibility index (Phi) is 5.29. The lowest BCUT2D eigenvalue weighted by Crippen LogP contribution is -2.41. The van der Waals surface area contributed by atoms with Gasteiger partial charge in [0.1, 0.15) is 5.69 Å². The van der Waals surface area contributed by atoms with Gasteiger partial charge in [-0.25, -0.2) is 4.98 Å². The second kappa shape index (κ2) is 8.08. The van der Waals surface area contributed by atoms with Gasteiger partial charge < -0.3 is 9.64 Å². The van der Waals surface area contributed by atoms with Crippen molar-refractivity contribution in [2.24, 2.45) is 11.8 Å². The van der Waals surface area contributed by atoms with E-state index in [-0.39, 0.29) is 11.9 Å². The van der Waals surface area contributed by atoms with Gasteiger partial charge in [-0.3, -0.25) is 14.7 Å². The highest BCUT2D eigenvalue weighted by Gasteiger charge is 2.50. The monoisotopic (exact) mass is 406 g/mol. The molecule has 4 heterocycles. The standard InChI is InChI=1S/C24H30N4O2/c1-16-5-3-4-6-20(16)23-21-15-27(19-7-9-30-10-8-19)13-18(21)14-28(23)24(29)22-12-25-17(2)11-26-22/h3-6,11-12,18-19,21,23H,7-10,13-15H2,1-2H3/t18-,21-,23+/m0/s1. The van der Waals surface area contributed by atoms with Crippen LogP contribution in [0.15, 0.2) is 36.7 Å². The molecule has 1 amide bonds. The molecule has 158 valence electrons. The van der Waals surface area contributed by atoms with Crippen LogP contribution < -0.4 is 0 Å². The quantitative estimate of drug-likeness (QED) is 0.784. The molecule has 6 heteroatoms. The first-order chi connectivity index (χ1) is 14.6. The molecule has 0 radical (unpaired) electrons. The third-order valence-electron chi connectivity index (χ3n) is 7.17. The Hall–Kier alpha value is -2.31. The molecule has 5 rings (SSSR count). The number of amides is 1. The summed E-state index contributed by atoms with van der Waals surface area (Å²) >= 11 is 0. The van der Waals surface area contributed by atoms with Crippen molar-refractivity contribution in [3.63, 3.8) is 0 Å². The van der Waals surface area contributed by atoms with Gasteiger partial charge in [-0.1, -0.05) is 24.3 Å². The second-order valence-corrected chi connectivity index (χ2v) is 9.02. The molecule has 1 aromatic heterocycles. The number of likely N-dealkylation sites (tertiary alicyclic amines) is 2. The zero-order valence-electron chi connectivity index (χ0n) is 17.8. The van der Waals surface area contributed by atoms with E-state index in [0.29, 0.717) is 23.6 Å². The van der Waals surface area contributed by atoms with Gasteiger partial charge in [0.05, 0.1) is 17.9 Å². The van der Waals surface area contributed by atoms with E-state index in [1.165, 1.54) is 11.1 Å². The van der Waals surface area contributed by atoms with E-state index < -0.39 is 0 Å². The summed E-state index contributed by atoms with van der Waals surface area (Å²) in [6.07, 6.45) is 5.54. The molecule has 3 aliphatic heterocycles. The topological polar surface area (TPSA) is 58.6 Å². The van der Waals surface area contributed by atoms with Crippen molar-refractivity contribution in [3.8, 4) is 0 Å². The average molecular weight is 407 g/mol. The Morgan fingerprint density at radius 2 is 1.83 bits per heavy atom. The summed E-state index contributed by atoms with van der Waals surface area (Å²) in [6.45, 7) is 8.70. The van der Waals surface area contributed by atoms with Gasteiger partial charge in [0.2, 0.25) is 0 Å². The lowest BCUT2D eigenvalue weighted by atomic mass is 9.87. The number of carbonyl (C=O) groups excluding carboxylic acids is 1. The van der Waals surface area contributed by atoms with Crippen LogP contribution in [0, 0.1) is 25.7 Å². The van der Waals surface area contributed by atoms with E-state index in [1.807, 2.05) is 6.92 Å². The molecule has 3 aliphatic rings. The molecular weight excluding hydrogens is 376 g/mol. The SMILES string of the molecule is Cc1cnc(C(=O)N2C[C@@H]3CN(C4CCOCC4)C[C@@H]3[C@H]2c2ccccc2C)cn1. The van der Waals surface area contributed by atoms with E-state index in [0.717, 1.165) is 51.4 Å². The van der Waals surface area contributed by atoms with Crippen molar-refractivity contribution < 1.29 is 9.53 Å². The fraction of sp³-hybridized carbons (Fsp3) is 0.542. The van der Waals surface area contributed by atoms with Crippen LogP contribution in [0.1, 0.15) is 46.2 Å². The molecule has 0 N–H and O–H groups in total. The van der Waals surface area contributed by atoms with Crippen molar-refractivity contribution in [1.82, 2.24) is 19.8 Å². The number of fused-ring (bicyclic) bond motifs is 1. The summed E-state index contributed by atoms with van der Waals surface area (Å²) in [5.41, 5.74) is 3.79. The number of nitrogens with zero attached hydrogens (tertiary/aromatic N) is 4. The Morgan fingerprint density at radius 1 is 1.03 bits per heavy atom. The third kappa shape index (κ3) is 3.52. The van der Waals surface area contributed by atoms with Gasteiger partial charge in [-0.2, -0.15) is 0 Å². The van der Waals surface area contributed by atoms with Gasteiger partial charge in [0, 0.05) is 51.0 Å². The van der Waals surface area contributed by atoms with Crippen molar-refractivity contribution in [3.05, 3.63) is 59.2 Å². The largest absolute Gasteiger partial charge is 0.381 e. The fourth-order valence-electron chi connectivity index (χ4n) is 5.60. The molecule has 0 spiro atoms. The maximum absolute atomic E-state index is 13.5. The first kappa shape index (κ1) is 19.6. The number of benzene rings is 1. The van der Waals surface area contributed by atoms with E-state index in [1.54, 1.807) is 12.4 Å². The van der Waals surface area contributed by atoms with E-state index in [9.17, 15) is 4.79 Å². The van der Waals surface area contributed by atoms with E-state index >= 15 is 0 Å². The minimum atomic E-state index is 0.00256. The smallest absolute Gasteiger partial charge is 0.274 e. The molecular formula is C24H30N4O2. The number of rotatable bonds is 3. The minimum absolute atomic E-state index is 0.00256. The maximum atomic E-state index is 13.5. The molecule has 2 aromatic rings. The zero-order chi connectivity index (χ0) is 20.7. The Morgan fingerprint density at radius 3 is 2.57 bits per heavy atom. The highest BCUT2D eigenvalue weighted by Crippen LogP contribution is 2.47. The molecule has 3 atom stereocenters. The molecule has 3 saturated heterocycles. The molecule has 0 bridgehead atoms. The van der Waals surface area contributed by atoms with Crippen molar-refractivity contribution in [1.29, 1.82) is 0 Å². The summed E-state index contributed by atoms with van der Waals surface area (Å²) in [5, 5.41) is 0. The van der Waals surface area contributed by atoms with Crippen LogP contribution in [0.5, 0.6) is 0 Å². The van der Waals surface area contributed by atoms with Gasteiger partial charge >= 0.3 is 0 Å². The summed E-state index contributed by atoms with van der Waals surface area (Å²) in [7, 11) is 0. The molecule has 30 heavy (non-hydrogen) atoms. The van der Waals surface area contributed by atoms with Crippen LogP contribution in [0.2, 0.25) is 0 Å². The van der Waals surface area contributed by atoms with Crippen LogP contribution in [0.3, 0.4) is 0 Å². The molecule has 0 saturated carbocycles. The predicted molar refractivity (Wildman–Crippen MR) is 114 cm³/mol. The minimum Gasteiger partial charge on any atom is -0.381 e. The van der Waals surface area contributed by atoms with Crippen LogP contribution in [-0.4, -0.2) is 64.6 Å². The second-order valence-electron chi connectivity index (χ2n) is 9.02. The average Bonchev–Trinajstić information content (AvgIpc) is 3.33. The Balaban J connectivity index is 1.44. The number of aromatic nitrogens is 2. The van der Waals surface area contributed by atoms with Gasteiger partial charge in [0.15, 0.2) is 0 Å². The first-order valence-corrected chi connectivity index (χ1v) is 11.1. The molecule has 3 fully saturated rings. The lowest BCUT2D eigenvalue weighted by molar-refractivity contribution is 0.0361. The summed E-state index contributed by atoms with van der Waals surface area (Å²) in [6, 6.07) is 9.23. The third-order valence-corrected chi connectivity index (χ3v) is 7.17. The Bertz CT molecular complexity index is 910. The van der Waals surface area contributed by atoms with Crippen molar-refractivity contribution in [2.75, 3.05) is 32.8 Å². The molecule has 6 nitrogen and oxygen atoms in total. The zero-order valence-corrected chi connectivity index (χ0v) is 17.8. The highest BCUT2D eigenvalue weighted by molar-refractivity contribution is 5.92. The summed E-state index contributed by atoms with van der Waals surface area (Å²) in [4.78, 5) is 26.9.